The van der Waals surface area contributed by atoms with Crippen LogP contribution in [0.5, 0.6) is 0 Å². The molecular weight excluding hydrogens is 272 g/mol. The number of benzene rings is 1. The summed E-state index contributed by atoms with van der Waals surface area (Å²) >= 11 is 5.77. The van der Waals surface area contributed by atoms with Crippen LogP contribution < -0.4 is 0 Å². The second kappa shape index (κ2) is 5.54. The van der Waals surface area contributed by atoms with E-state index >= 15 is 0 Å². The van der Waals surface area contributed by atoms with Crippen molar-refractivity contribution in [1.82, 2.24) is 4.90 Å². The summed E-state index contributed by atoms with van der Waals surface area (Å²) in [6.07, 6.45) is 0. The van der Waals surface area contributed by atoms with Crippen LogP contribution in [-0.4, -0.2) is 40.0 Å². The third-order valence-electron chi connectivity index (χ3n) is 2.94. The smallest absolute Gasteiger partial charge is 0.271 e. The van der Waals surface area contributed by atoms with Crippen LogP contribution in [-0.2, 0) is 0 Å². The number of carbonyl (C=O) groups is 1. The van der Waals surface area contributed by atoms with Crippen molar-refractivity contribution in [3.8, 4) is 0 Å². The summed E-state index contributed by atoms with van der Waals surface area (Å²) < 4.78 is 0. The molecule has 1 amide bonds. The molecule has 0 spiro atoms. The van der Waals surface area contributed by atoms with Gasteiger partial charge < -0.3 is 10.0 Å². The van der Waals surface area contributed by atoms with Gasteiger partial charge in [-0.25, -0.2) is 0 Å². The van der Waals surface area contributed by atoms with Gasteiger partial charge in [-0.2, -0.15) is 0 Å². The molecule has 1 aromatic carbocycles. The third-order valence-corrected chi connectivity index (χ3v) is 3.16. The lowest BCUT2D eigenvalue weighted by molar-refractivity contribution is -0.384. The number of likely N-dealkylation sites (N-methyl/N-ethyl adjacent to an activating group) is 1. The molecular formula is C12H15ClN2O4. The van der Waals surface area contributed by atoms with Gasteiger partial charge in [0, 0.05) is 29.8 Å². The lowest BCUT2D eigenvalue weighted by atomic mass is 10.0. The van der Waals surface area contributed by atoms with Crippen LogP contribution in [0.1, 0.15) is 24.2 Å². The first kappa shape index (κ1) is 15.4. The highest BCUT2D eigenvalue weighted by atomic mass is 35.5. The van der Waals surface area contributed by atoms with Crippen LogP contribution in [0.25, 0.3) is 0 Å². The lowest BCUT2D eigenvalue weighted by Crippen LogP contribution is -2.47. The molecule has 0 heterocycles. The van der Waals surface area contributed by atoms with Gasteiger partial charge in [-0.1, -0.05) is 11.6 Å². The topological polar surface area (TPSA) is 83.7 Å². The second-order valence-electron chi connectivity index (χ2n) is 4.79. The summed E-state index contributed by atoms with van der Waals surface area (Å²) in [4.78, 5) is 23.7. The number of rotatable bonds is 4. The minimum Gasteiger partial charge on any atom is -0.394 e. The van der Waals surface area contributed by atoms with E-state index < -0.39 is 16.4 Å². The average Bonchev–Trinajstić information content (AvgIpc) is 2.36. The highest BCUT2D eigenvalue weighted by Crippen LogP contribution is 2.23. The van der Waals surface area contributed by atoms with Gasteiger partial charge in [0.15, 0.2) is 0 Å². The van der Waals surface area contributed by atoms with E-state index in [1.807, 2.05) is 0 Å². The SMILES string of the molecule is CN(C(=O)c1cc(Cl)cc([N+](=O)[O-])c1)C(C)(C)CO. The van der Waals surface area contributed by atoms with Crippen LogP contribution in [0.4, 0.5) is 5.69 Å². The van der Waals surface area contributed by atoms with Gasteiger partial charge in [-0.15, -0.1) is 0 Å². The largest absolute Gasteiger partial charge is 0.394 e. The van der Waals surface area contributed by atoms with Crippen LogP contribution in [0.3, 0.4) is 0 Å². The Balaban J connectivity index is 3.16. The van der Waals surface area contributed by atoms with Gasteiger partial charge >= 0.3 is 0 Å². The van der Waals surface area contributed by atoms with Gasteiger partial charge in [0.1, 0.15) is 0 Å². The van der Waals surface area contributed by atoms with Gasteiger partial charge in [0.2, 0.25) is 0 Å². The first-order valence-electron chi connectivity index (χ1n) is 5.53. The van der Waals surface area contributed by atoms with Crippen LogP contribution >= 0.6 is 11.6 Å². The average molecular weight is 287 g/mol. The number of aliphatic hydroxyl groups is 1. The molecule has 19 heavy (non-hydrogen) atoms. The Kier molecular flexibility index (Phi) is 4.49. The second-order valence-corrected chi connectivity index (χ2v) is 5.23. The highest BCUT2D eigenvalue weighted by Gasteiger charge is 2.28. The maximum Gasteiger partial charge on any atom is 0.271 e. The number of nitrogens with zero attached hydrogens (tertiary/aromatic N) is 2. The molecule has 0 fully saturated rings. The van der Waals surface area contributed by atoms with Crippen molar-refractivity contribution in [2.45, 2.75) is 19.4 Å². The number of hydrogen-bond acceptors (Lipinski definition) is 4. The summed E-state index contributed by atoms with van der Waals surface area (Å²) in [5, 5.41) is 20.1. The predicted octanol–water partition coefficient (Wildman–Crippen LogP) is 2.09. The Morgan fingerprint density at radius 3 is 2.53 bits per heavy atom. The number of non-ortho nitro benzene ring substituents is 1. The van der Waals surface area contributed by atoms with Crippen LogP contribution in [0.2, 0.25) is 5.02 Å². The summed E-state index contributed by atoms with van der Waals surface area (Å²) in [6, 6.07) is 3.70. The number of aliphatic hydroxyl groups excluding tert-OH is 1. The number of hydrogen-bond donors (Lipinski definition) is 1. The molecule has 0 aliphatic rings. The molecule has 1 rings (SSSR count). The molecule has 0 bridgehead atoms. The molecule has 0 aliphatic heterocycles. The Morgan fingerprint density at radius 2 is 2.05 bits per heavy atom. The minimum absolute atomic E-state index is 0.114. The van der Waals surface area contributed by atoms with Crippen molar-refractivity contribution in [3.05, 3.63) is 38.9 Å². The Morgan fingerprint density at radius 1 is 1.47 bits per heavy atom. The van der Waals surface area contributed by atoms with E-state index in [0.717, 1.165) is 6.07 Å². The molecule has 0 aromatic heterocycles. The number of halogens is 1. The molecule has 0 atom stereocenters. The van der Waals surface area contributed by atoms with Crippen molar-refractivity contribution in [2.24, 2.45) is 0 Å². The number of amides is 1. The van der Waals surface area contributed by atoms with Crippen molar-refractivity contribution >= 4 is 23.2 Å². The zero-order valence-electron chi connectivity index (χ0n) is 10.9. The van der Waals surface area contributed by atoms with Gasteiger partial charge in [0.05, 0.1) is 17.1 Å². The zero-order valence-corrected chi connectivity index (χ0v) is 11.6. The fraction of sp³-hybridized carbons (Fsp3) is 0.417. The molecule has 6 nitrogen and oxygen atoms in total. The molecule has 0 unspecified atom stereocenters. The fourth-order valence-electron chi connectivity index (χ4n) is 1.38. The number of carbonyl (C=O) groups excluding carboxylic acids is 1. The Labute approximate surface area is 115 Å². The van der Waals surface area contributed by atoms with Crippen LogP contribution in [0, 0.1) is 10.1 Å². The van der Waals surface area contributed by atoms with E-state index in [-0.39, 0.29) is 22.9 Å². The number of nitro groups is 1. The molecule has 1 N–H and O–H groups in total. The first-order valence-corrected chi connectivity index (χ1v) is 5.91. The summed E-state index contributed by atoms with van der Waals surface area (Å²) in [6.45, 7) is 3.14. The summed E-state index contributed by atoms with van der Waals surface area (Å²) in [5.74, 6) is -0.440. The van der Waals surface area contributed by atoms with Gasteiger partial charge in [-0.3, -0.25) is 14.9 Å². The molecule has 1 aromatic rings. The van der Waals surface area contributed by atoms with E-state index in [4.69, 9.17) is 11.6 Å². The standard InChI is InChI=1S/C12H15ClN2O4/c1-12(2,7-16)14(3)11(17)8-4-9(13)6-10(5-8)15(18)19/h4-6,16H,7H2,1-3H3. The predicted molar refractivity (Wildman–Crippen MR) is 71.4 cm³/mol. The minimum atomic E-state index is -0.770. The molecule has 7 heteroatoms. The van der Waals surface area contributed by atoms with E-state index in [2.05, 4.69) is 0 Å². The lowest BCUT2D eigenvalue weighted by Gasteiger charge is -2.33. The molecule has 0 saturated heterocycles. The van der Waals surface area contributed by atoms with Gasteiger partial charge in [0.25, 0.3) is 11.6 Å². The monoisotopic (exact) mass is 286 g/mol. The van der Waals surface area contributed by atoms with Crippen molar-refractivity contribution in [3.63, 3.8) is 0 Å². The van der Waals surface area contributed by atoms with E-state index in [0.29, 0.717) is 0 Å². The van der Waals surface area contributed by atoms with Gasteiger partial charge in [-0.05, 0) is 19.9 Å². The van der Waals surface area contributed by atoms with Crippen molar-refractivity contribution in [1.29, 1.82) is 0 Å². The molecule has 0 radical (unpaired) electrons. The molecule has 104 valence electrons. The molecule has 0 saturated carbocycles. The van der Waals surface area contributed by atoms with E-state index in [9.17, 15) is 20.0 Å². The quantitative estimate of drug-likeness (QED) is 0.678. The van der Waals surface area contributed by atoms with E-state index in [1.165, 1.54) is 24.1 Å². The first-order chi connectivity index (χ1) is 8.69. The maximum absolute atomic E-state index is 12.2. The number of nitro benzene ring substituents is 1. The highest BCUT2D eigenvalue weighted by molar-refractivity contribution is 6.31. The molecule has 0 aliphatic carbocycles. The Hall–Kier alpha value is -1.66. The zero-order chi connectivity index (χ0) is 14.8. The van der Waals surface area contributed by atoms with Crippen LogP contribution in [0.15, 0.2) is 18.2 Å². The Bertz CT molecular complexity index is 516. The maximum atomic E-state index is 12.2. The van der Waals surface area contributed by atoms with Crippen molar-refractivity contribution in [2.75, 3.05) is 13.7 Å². The fourth-order valence-corrected chi connectivity index (χ4v) is 1.61. The van der Waals surface area contributed by atoms with E-state index in [1.54, 1.807) is 13.8 Å². The third kappa shape index (κ3) is 3.42. The summed E-state index contributed by atoms with van der Waals surface area (Å²) in [5.41, 5.74) is -0.900. The summed E-state index contributed by atoms with van der Waals surface area (Å²) in [7, 11) is 1.52. The normalized spacial score (nSPS) is 11.2. The van der Waals surface area contributed by atoms with Crippen molar-refractivity contribution < 1.29 is 14.8 Å².